The first-order valence-electron chi connectivity index (χ1n) is 17.4. The molecule has 4 aromatic carbocycles. The van der Waals surface area contributed by atoms with Gasteiger partial charge in [0, 0.05) is 6.54 Å². The van der Waals surface area contributed by atoms with Gasteiger partial charge in [-0.25, -0.2) is 4.79 Å². The van der Waals surface area contributed by atoms with Crippen LogP contribution in [-0.4, -0.2) is 47.4 Å². The van der Waals surface area contributed by atoms with Crippen LogP contribution in [-0.2, 0) is 38.9 Å². The normalized spacial score (nSPS) is 12.6. The molecule has 0 aliphatic carbocycles. The van der Waals surface area contributed by atoms with Gasteiger partial charge in [-0.1, -0.05) is 118 Å². The van der Waals surface area contributed by atoms with Crippen molar-refractivity contribution in [3.8, 4) is 11.5 Å². The van der Waals surface area contributed by atoms with Crippen LogP contribution in [0.3, 0.4) is 0 Å². The SMILES string of the molecule is CCC(NC(=O)[C@H](CC(C)C)NC(=O)OCc1ccccc1)C(=O)C(=O)NCC(O)c1ccc(OCc2ccccc2)c(OCc2ccccc2)c1. The number of amides is 3. The number of Topliss-reactive ketones (excluding diaryl/α,β-unsaturated/α-hetero) is 1. The van der Waals surface area contributed by atoms with Crippen molar-refractivity contribution in [2.75, 3.05) is 6.54 Å². The number of nitrogens with one attached hydrogen (secondary N) is 3. The number of hydrogen-bond donors (Lipinski definition) is 4. The highest BCUT2D eigenvalue weighted by Gasteiger charge is 2.30. The molecule has 0 saturated heterocycles. The van der Waals surface area contributed by atoms with Crippen molar-refractivity contribution in [1.82, 2.24) is 16.0 Å². The fraction of sp³-hybridized carbons (Fsp3) is 0.317. The fourth-order valence-electron chi connectivity index (χ4n) is 5.22. The summed E-state index contributed by atoms with van der Waals surface area (Å²) in [6, 6.07) is 31.3. The molecule has 4 rings (SSSR count). The predicted molar refractivity (Wildman–Crippen MR) is 196 cm³/mol. The van der Waals surface area contributed by atoms with Crippen LogP contribution in [0.1, 0.15) is 62.0 Å². The van der Waals surface area contributed by atoms with E-state index in [0.717, 1.165) is 16.7 Å². The average molecular weight is 710 g/mol. The monoisotopic (exact) mass is 709 g/mol. The number of aliphatic hydroxyl groups is 1. The van der Waals surface area contributed by atoms with Gasteiger partial charge in [0.05, 0.1) is 12.1 Å². The molecular weight excluding hydrogens is 662 g/mol. The number of ketones is 1. The molecule has 2 unspecified atom stereocenters. The van der Waals surface area contributed by atoms with Gasteiger partial charge in [-0.05, 0) is 53.1 Å². The van der Waals surface area contributed by atoms with Crippen molar-refractivity contribution in [2.45, 2.75) is 71.6 Å². The largest absolute Gasteiger partial charge is 0.485 e. The Morgan fingerprint density at radius 2 is 1.21 bits per heavy atom. The Morgan fingerprint density at radius 3 is 1.75 bits per heavy atom. The molecule has 0 saturated carbocycles. The second-order valence-corrected chi connectivity index (χ2v) is 12.7. The Hall–Kier alpha value is -5.68. The Balaban J connectivity index is 1.35. The molecule has 4 N–H and O–H groups in total. The Morgan fingerprint density at radius 1 is 0.673 bits per heavy atom. The molecular formula is C41H47N3O8. The topological polar surface area (TPSA) is 152 Å². The van der Waals surface area contributed by atoms with E-state index in [9.17, 15) is 24.3 Å². The lowest BCUT2D eigenvalue weighted by Gasteiger charge is -2.23. The van der Waals surface area contributed by atoms with E-state index in [4.69, 9.17) is 14.2 Å². The smallest absolute Gasteiger partial charge is 0.408 e. The summed E-state index contributed by atoms with van der Waals surface area (Å²) in [4.78, 5) is 51.8. The molecule has 0 aliphatic heterocycles. The van der Waals surface area contributed by atoms with Crippen LogP contribution in [0.2, 0.25) is 0 Å². The van der Waals surface area contributed by atoms with Crippen molar-refractivity contribution in [3.63, 3.8) is 0 Å². The molecule has 0 spiro atoms. The molecule has 4 aromatic rings. The first-order valence-corrected chi connectivity index (χ1v) is 17.4. The number of rotatable bonds is 19. The second-order valence-electron chi connectivity index (χ2n) is 12.7. The van der Waals surface area contributed by atoms with Gasteiger partial charge in [0.2, 0.25) is 11.7 Å². The van der Waals surface area contributed by atoms with E-state index in [1.807, 2.05) is 105 Å². The molecule has 0 fully saturated rings. The molecule has 11 heteroatoms. The van der Waals surface area contributed by atoms with Crippen LogP contribution in [0.25, 0.3) is 0 Å². The first kappa shape index (κ1) is 39.1. The summed E-state index contributed by atoms with van der Waals surface area (Å²) >= 11 is 0. The van der Waals surface area contributed by atoms with Gasteiger partial charge in [-0.3, -0.25) is 14.4 Å². The van der Waals surface area contributed by atoms with Crippen molar-refractivity contribution in [2.24, 2.45) is 5.92 Å². The lowest BCUT2D eigenvalue weighted by molar-refractivity contribution is -0.140. The van der Waals surface area contributed by atoms with Crippen molar-refractivity contribution in [3.05, 3.63) is 131 Å². The minimum Gasteiger partial charge on any atom is -0.485 e. The zero-order valence-electron chi connectivity index (χ0n) is 29.7. The van der Waals surface area contributed by atoms with Gasteiger partial charge in [0.15, 0.2) is 11.5 Å². The van der Waals surface area contributed by atoms with Crippen molar-refractivity contribution in [1.29, 1.82) is 0 Å². The molecule has 0 heterocycles. The van der Waals surface area contributed by atoms with Gasteiger partial charge >= 0.3 is 6.09 Å². The van der Waals surface area contributed by atoms with Crippen LogP contribution < -0.4 is 25.4 Å². The third kappa shape index (κ3) is 12.6. The lowest BCUT2D eigenvalue weighted by atomic mass is 10.0. The van der Waals surface area contributed by atoms with Crippen LogP contribution >= 0.6 is 0 Å². The van der Waals surface area contributed by atoms with Gasteiger partial charge in [0.1, 0.15) is 25.9 Å². The van der Waals surface area contributed by atoms with Crippen molar-refractivity contribution >= 4 is 23.7 Å². The van der Waals surface area contributed by atoms with Gasteiger partial charge in [-0.2, -0.15) is 0 Å². The zero-order valence-corrected chi connectivity index (χ0v) is 29.7. The average Bonchev–Trinajstić information content (AvgIpc) is 3.17. The highest BCUT2D eigenvalue weighted by Crippen LogP contribution is 2.32. The van der Waals surface area contributed by atoms with Crippen LogP contribution in [0, 0.1) is 5.92 Å². The summed E-state index contributed by atoms with van der Waals surface area (Å²) < 4.78 is 17.4. The number of carbonyl (C=O) groups excluding carboxylic acids is 4. The van der Waals surface area contributed by atoms with Gasteiger partial charge in [0.25, 0.3) is 5.91 Å². The molecule has 0 radical (unpaired) electrons. The highest BCUT2D eigenvalue weighted by atomic mass is 16.5. The summed E-state index contributed by atoms with van der Waals surface area (Å²) in [7, 11) is 0. The van der Waals surface area contributed by atoms with Gasteiger partial charge < -0.3 is 35.3 Å². The van der Waals surface area contributed by atoms with Gasteiger partial charge in [-0.15, -0.1) is 0 Å². The molecule has 52 heavy (non-hydrogen) atoms. The number of hydrogen-bond acceptors (Lipinski definition) is 8. The fourth-order valence-corrected chi connectivity index (χ4v) is 5.22. The van der Waals surface area contributed by atoms with Crippen LogP contribution in [0.4, 0.5) is 4.79 Å². The summed E-state index contributed by atoms with van der Waals surface area (Å²) in [5.74, 6) is -1.55. The number of aliphatic hydroxyl groups excluding tert-OH is 1. The van der Waals surface area contributed by atoms with E-state index in [-0.39, 0.29) is 38.5 Å². The minimum absolute atomic E-state index is 0.0268. The van der Waals surface area contributed by atoms with E-state index in [1.165, 1.54) is 0 Å². The third-order valence-electron chi connectivity index (χ3n) is 8.08. The van der Waals surface area contributed by atoms with Crippen molar-refractivity contribution < 1.29 is 38.5 Å². The van der Waals surface area contributed by atoms with E-state index in [1.54, 1.807) is 25.1 Å². The molecule has 3 amide bonds. The molecule has 11 nitrogen and oxygen atoms in total. The third-order valence-corrected chi connectivity index (χ3v) is 8.08. The molecule has 3 atom stereocenters. The van der Waals surface area contributed by atoms with E-state index in [0.29, 0.717) is 23.7 Å². The second kappa shape index (κ2) is 20.2. The number of ether oxygens (including phenoxy) is 3. The molecule has 0 aromatic heterocycles. The summed E-state index contributed by atoms with van der Waals surface area (Å²) in [6.07, 6.45) is -1.56. The maximum Gasteiger partial charge on any atom is 0.408 e. The van der Waals surface area contributed by atoms with Crippen LogP contribution in [0.15, 0.2) is 109 Å². The number of alkyl carbamates (subject to hydrolysis) is 1. The summed E-state index contributed by atoms with van der Waals surface area (Å²) in [6.45, 7) is 5.76. The maximum absolute atomic E-state index is 13.2. The standard InChI is InChI=1S/C41H47N3O8/c1-4-33(43-39(47)34(22-28(2)3)44-41(49)52-27-31-18-12-7-13-19-31)38(46)40(48)42-24-35(45)32-20-21-36(50-25-29-14-8-5-9-15-29)37(23-32)51-26-30-16-10-6-11-17-30/h5-21,23,28,33-35,45H,4,22,24-27H2,1-3H3,(H,42,48)(H,43,47)(H,44,49)/t33?,34-,35?/m0/s1. The summed E-state index contributed by atoms with van der Waals surface area (Å²) in [5, 5.41) is 18.7. The highest BCUT2D eigenvalue weighted by molar-refractivity contribution is 6.38. The van der Waals surface area contributed by atoms with Crippen LogP contribution in [0.5, 0.6) is 11.5 Å². The summed E-state index contributed by atoms with van der Waals surface area (Å²) in [5.41, 5.74) is 3.14. The molecule has 0 aliphatic rings. The predicted octanol–water partition coefficient (Wildman–Crippen LogP) is 5.80. The minimum atomic E-state index is -1.19. The Labute approximate surface area is 304 Å². The number of carbonyl (C=O) groups is 4. The molecule has 0 bridgehead atoms. The Kier molecular flexibility index (Phi) is 15.2. The maximum atomic E-state index is 13.2. The lowest BCUT2D eigenvalue weighted by Crippen LogP contribution is -2.54. The van der Waals surface area contributed by atoms with E-state index < -0.39 is 41.9 Å². The quantitative estimate of drug-likeness (QED) is 0.0893. The molecule has 274 valence electrons. The Bertz CT molecular complexity index is 1740. The van der Waals surface area contributed by atoms with E-state index in [2.05, 4.69) is 16.0 Å². The first-order chi connectivity index (χ1) is 25.1. The van der Waals surface area contributed by atoms with E-state index >= 15 is 0 Å². The number of benzene rings is 4. The zero-order chi connectivity index (χ0) is 37.3.